The number of hydrogen-bond donors (Lipinski definition) is 4. The van der Waals surface area contributed by atoms with Crippen LogP contribution in [0, 0.1) is 17.8 Å². The molecule has 0 radical (unpaired) electrons. The quantitative estimate of drug-likeness (QED) is 0.421. The molecule has 0 aromatic carbocycles. The average molecular weight is 474 g/mol. The molecule has 9 atom stereocenters. The van der Waals surface area contributed by atoms with Crippen LogP contribution in [0.1, 0.15) is 40.0 Å². The van der Waals surface area contributed by atoms with Crippen LogP contribution >= 0.6 is 35.8 Å². The van der Waals surface area contributed by atoms with Crippen LogP contribution in [0.3, 0.4) is 0 Å². The minimum Gasteiger partial charge on any atom is -0.390 e. The normalized spacial score (nSPS) is 37.8. The van der Waals surface area contributed by atoms with Crippen LogP contribution in [-0.4, -0.2) is 87.0 Å². The van der Waals surface area contributed by atoms with E-state index >= 15 is 0 Å². The number of nitrogens with zero attached hydrogens (tertiary/aromatic N) is 1. The fourth-order valence-corrected chi connectivity index (χ4v) is 5.99. The van der Waals surface area contributed by atoms with Gasteiger partial charge in [0.05, 0.1) is 29.7 Å². The summed E-state index contributed by atoms with van der Waals surface area (Å²) in [6, 6.07) is -0.673. The second-order valence-corrected chi connectivity index (χ2v) is 10.8. The molecule has 1 amide bonds. The Morgan fingerprint density at radius 1 is 1.17 bits per heavy atom. The van der Waals surface area contributed by atoms with Gasteiger partial charge in [0.1, 0.15) is 6.10 Å². The zero-order valence-electron chi connectivity index (χ0n) is 18.0. The summed E-state index contributed by atoms with van der Waals surface area (Å²) in [6.45, 7) is 7.10. The van der Waals surface area contributed by atoms with E-state index in [1.165, 1.54) is 11.8 Å². The smallest absolute Gasteiger partial charge is 0.237 e. The van der Waals surface area contributed by atoms with E-state index in [0.29, 0.717) is 18.3 Å². The van der Waals surface area contributed by atoms with Crippen LogP contribution in [0.4, 0.5) is 0 Å². The van der Waals surface area contributed by atoms with Gasteiger partial charge in [-0.15, -0.1) is 24.0 Å². The maximum absolute atomic E-state index is 13.0. The molecule has 0 bridgehead atoms. The third-order valence-corrected chi connectivity index (χ3v) is 7.68. The number of aliphatic hydroxyl groups excluding tert-OH is 3. The number of halogens is 2. The fraction of sp³-hybridized carbons (Fsp3) is 0.950. The highest BCUT2D eigenvalue weighted by atomic mass is 35.5. The van der Waals surface area contributed by atoms with Crippen LogP contribution < -0.4 is 5.32 Å². The number of rotatable bonds is 7. The first-order valence-corrected chi connectivity index (χ1v) is 12.0. The number of carbonyl (C=O) groups is 1. The average Bonchev–Trinajstić information content (AvgIpc) is 2.97. The van der Waals surface area contributed by atoms with Crippen molar-refractivity contribution in [3.8, 4) is 0 Å². The second kappa shape index (κ2) is 11.7. The largest absolute Gasteiger partial charge is 0.390 e. The van der Waals surface area contributed by atoms with E-state index in [4.69, 9.17) is 11.6 Å². The number of hydrogen-bond acceptors (Lipinski definition) is 6. The summed E-state index contributed by atoms with van der Waals surface area (Å²) < 4.78 is 0. The summed E-state index contributed by atoms with van der Waals surface area (Å²) in [5, 5.41) is 33.5. The van der Waals surface area contributed by atoms with Crippen molar-refractivity contribution in [2.75, 3.05) is 19.8 Å². The Kier molecular flexibility index (Phi) is 11.0. The summed E-state index contributed by atoms with van der Waals surface area (Å²) in [6.07, 6.45) is 0.932. The van der Waals surface area contributed by atoms with Crippen molar-refractivity contribution in [3.05, 3.63) is 0 Å². The molecule has 1 heterocycles. The molecule has 0 aromatic rings. The molecule has 0 aromatic heterocycles. The zero-order valence-corrected chi connectivity index (χ0v) is 20.4. The Morgan fingerprint density at radius 3 is 2.31 bits per heavy atom. The third-order valence-electron chi connectivity index (χ3n) is 6.33. The summed E-state index contributed by atoms with van der Waals surface area (Å²) in [4.78, 5) is 15.1. The maximum Gasteiger partial charge on any atom is 0.237 e. The molecular formula is C20H38Cl2N2O4S. The van der Waals surface area contributed by atoms with Gasteiger partial charge in [0.15, 0.2) is 0 Å². The molecule has 1 saturated heterocycles. The van der Waals surface area contributed by atoms with Gasteiger partial charge in [-0.05, 0) is 51.3 Å². The minimum atomic E-state index is -1.24. The molecule has 29 heavy (non-hydrogen) atoms. The van der Waals surface area contributed by atoms with E-state index in [0.717, 1.165) is 19.4 Å². The summed E-state index contributed by atoms with van der Waals surface area (Å²) in [7, 11) is 1.98. The standard InChI is InChI=1S/C20H37ClN2O4S.ClH/c1-10(2)6-12-7-14(23(4)9-12)20(27)22-16(11(3)21)13-8-15(28-5)18(25)19(26)17(13)24;/h10-19,24-26H,6-9H2,1-5H3,(H,22,27);1H/t11-,12+,13+,14-,15-,16+,17-,18-,19-;/m0./s1. The second-order valence-electron chi connectivity index (χ2n) is 9.04. The Hall–Kier alpha value is 0.240. The Bertz CT molecular complexity index is 527. The van der Waals surface area contributed by atoms with E-state index in [2.05, 4.69) is 24.1 Å². The number of likely N-dealkylation sites (tertiary alicyclic amines) is 1. The number of carbonyl (C=O) groups excluding carboxylic acids is 1. The molecule has 0 spiro atoms. The Balaban J connectivity index is 0.00000420. The van der Waals surface area contributed by atoms with Gasteiger partial charge >= 0.3 is 0 Å². The molecule has 1 saturated carbocycles. The van der Waals surface area contributed by atoms with Crippen LogP contribution in [0.5, 0.6) is 0 Å². The van der Waals surface area contributed by atoms with Gasteiger partial charge in [0.2, 0.25) is 5.91 Å². The molecule has 172 valence electrons. The SMILES string of the molecule is CS[C@H]1C[C@H]([C@H](NC(=O)[C@@H]2C[C@@H](CC(C)C)CN2C)[C@H](C)Cl)[C@H](O)[C@H](O)[C@H]1O.Cl. The number of amides is 1. The molecule has 6 nitrogen and oxygen atoms in total. The van der Waals surface area contributed by atoms with Gasteiger partial charge < -0.3 is 20.6 Å². The van der Waals surface area contributed by atoms with Crippen molar-refractivity contribution in [3.63, 3.8) is 0 Å². The van der Waals surface area contributed by atoms with Crippen LogP contribution in [0.25, 0.3) is 0 Å². The molecule has 2 aliphatic rings. The lowest BCUT2D eigenvalue weighted by molar-refractivity contribution is -0.130. The molecule has 9 heteroatoms. The summed E-state index contributed by atoms with van der Waals surface area (Å²) >= 11 is 7.87. The monoisotopic (exact) mass is 472 g/mol. The Labute approximate surface area is 190 Å². The highest BCUT2D eigenvalue weighted by molar-refractivity contribution is 7.99. The van der Waals surface area contributed by atoms with E-state index in [9.17, 15) is 20.1 Å². The molecule has 4 N–H and O–H groups in total. The van der Waals surface area contributed by atoms with Crippen LogP contribution in [0.2, 0.25) is 0 Å². The number of aliphatic hydroxyl groups is 3. The third kappa shape index (κ3) is 6.61. The fourth-order valence-electron chi connectivity index (χ4n) is 4.89. The number of nitrogens with one attached hydrogen (secondary N) is 1. The molecule has 0 unspecified atom stereocenters. The Morgan fingerprint density at radius 2 is 1.79 bits per heavy atom. The topological polar surface area (TPSA) is 93.0 Å². The summed E-state index contributed by atoms with van der Waals surface area (Å²) in [5.41, 5.74) is 0. The zero-order chi connectivity index (χ0) is 21.2. The van der Waals surface area contributed by atoms with Crippen molar-refractivity contribution < 1.29 is 20.1 Å². The molecule has 1 aliphatic carbocycles. The van der Waals surface area contributed by atoms with E-state index in [1.54, 1.807) is 6.92 Å². The number of thioether (sulfide) groups is 1. The van der Waals surface area contributed by atoms with Gasteiger partial charge in [0, 0.05) is 17.7 Å². The molecular weight excluding hydrogens is 435 g/mol. The maximum atomic E-state index is 13.0. The van der Waals surface area contributed by atoms with Gasteiger partial charge in [-0.1, -0.05) is 13.8 Å². The highest BCUT2D eigenvalue weighted by Gasteiger charge is 2.47. The molecule has 2 rings (SSSR count). The van der Waals surface area contributed by atoms with E-state index in [-0.39, 0.29) is 29.6 Å². The highest BCUT2D eigenvalue weighted by Crippen LogP contribution is 2.36. The predicted octanol–water partition coefficient (Wildman–Crippen LogP) is 1.72. The molecule has 1 aliphatic heterocycles. The van der Waals surface area contributed by atoms with Gasteiger partial charge in [-0.25, -0.2) is 0 Å². The lowest BCUT2D eigenvalue weighted by atomic mass is 9.77. The first-order chi connectivity index (χ1) is 13.1. The lowest BCUT2D eigenvalue weighted by Gasteiger charge is -2.44. The lowest BCUT2D eigenvalue weighted by Crippen LogP contribution is -2.61. The van der Waals surface area contributed by atoms with Gasteiger partial charge in [-0.3, -0.25) is 9.69 Å². The van der Waals surface area contributed by atoms with Crippen molar-refractivity contribution >= 4 is 41.7 Å². The molecule has 2 fully saturated rings. The van der Waals surface area contributed by atoms with Crippen molar-refractivity contribution in [2.45, 2.75) is 81.1 Å². The first kappa shape index (κ1) is 27.3. The van der Waals surface area contributed by atoms with Crippen molar-refractivity contribution in [1.29, 1.82) is 0 Å². The van der Waals surface area contributed by atoms with E-state index in [1.807, 2.05) is 13.3 Å². The summed E-state index contributed by atoms with van der Waals surface area (Å²) in [5.74, 6) is 0.626. The van der Waals surface area contributed by atoms with Crippen molar-refractivity contribution in [1.82, 2.24) is 10.2 Å². The van der Waals surface area contributed by atoms with Crippen LogP contribution in [-0.2, 0) is 4.79 Å². The van der Waals surface area contributed by atoms with Gasteiger partial charge in [0.25, 0.3) is 0 Å². The van der Waals surface area contributed by atoms with Crippen molar-refractivity contribution in [2.24, 2.45) is 17.8 Å². The number of likely N-dealkylation sites (N-methyl/N-ethyl adjacent to an activating group) is 1. The van der Waals surface area contributed by atoms with Gasteiger partial charge in [-0.2, -0.15) is 11.8 Å². The van der Waals surface area contributed by atoms with Crippen LogP contribution in [0.15, 0.2) is 0 Å². The first-order valence-electron chi connectivity index (χ1n) is 10.3. The minimum absolute atomic E-state index is 0. The number of alkyl halides is 1. The van der Waals surface area contributed by atoms with E-state index < -0.39 is 35.6 Å². The predicted molar refractivity (Wildman–Crippen MR) is 122 cm³/mol.